The second kappa shape index (κ2) is 6.03. The standard InChI is InChI=1S/C15H18FNO3/c1-10(18)14-12(16)6-3-7-13(14)17-8-4-5-11(9-17)15(19)20-2/h3,6-7,11H,4-5,8-9H2,1-2H3/t11-/m0/s1. The Bertz CT molecular complexity index is 530. The number of nitrogens with zero attached hydrogens (tertiary/aromatic N) is 1. The van der Waals surface area contributed by atoms with Gasteiger partial charge in [0, 0.05) is 13.1 Å². The average Bonchev–Trinajstić information content (AvgIpc) is 2.45. The minimum absolute atomic E-state index is 0.0954. The van der Waals surface area contributed by atoms with Gasteiger partial charge >= 0.3 is 5.97 Å². The second-order valence-electron chi connectivity index (χ2n) is 5.00. The van der Waals surface area contributed by atoms with Crippen LogP contribution in [0.3, 0.4) is 0 Å². The highest BCUT2D eigenvalue weighted by Crippen LogP contribution is 2.28. The Morgan fingerprint density at radius 3 is 2.80 bits per heavy atom. The molecular formula is C15H18FNO3. The van der Waals surface area contributed by atoms with Crippen molar-refractivity contribution in [3.05, 3.63) is 29.6 Å². The van der Waals surface area contributed by atoms with Crippen LogP contribution in [0.2, 0.25) is 0 Å². The molecule has 0 saturated carbocycles. The van der Waals surface area contributed by atoms with E-state index in [1.165, 1.54) is 20.1 Å². The van der Waals surface area contributed by atoms with Crippen molar-refractivity contribution in [1.29, 1.82) is 0 Å². The number of halogens is 1. The van der Waals surface area contributed by atoms with E-state index in [1.807, 2.05) is 4.90 Å². The first-order valence-corrected chi connectivity index (χ1v) is 6.66. The summed E-state index contributed by atoms with van der Waals surface area (Å²) in [7, 11) is 1.37. The first-order chi connectivity index (χ1) is 9.54. The van der Waals surface area contributed by atoms with Crippen LogP contribution in [-0.4, -0.2) is 32.0 Å². The van der Waals surface area contributed by atoms with Crippen molar-refractivity contribution in [1.82, 2.24) is 0 Å². The third-order valence-corrected chi connectivity index (χ3v) is 3.64. The van der Waals surface area contributed by atoms with Gasteiger partial charge in [-0.1, -0.05) is 6.07 Å². The number of ketones is 1. The van der Waals surface area contributed by atoms with Crippen LogP contribution in [0.5, 0.6) is 0 Å². The van der Waals surface area contributed by atoms with E-state index >= 15 is 0 Å². The maximum atomic E-state index is 13.8. The molecule has 1 aliphatic rings. The van der Waals surface area contributed by atoms with Crippen LogP contribution in [0.25, 0.3) is 0 Å². The number of hydrogen-bond donors (Lipinski definition) is 0. The summed E-state index contributed by atoms with van der Waals surface area (Å²) in [6.45, 7) is 2.51. The number of carbonyl (C=O) groups excluding carboxylic acids is 2. The summed E-state index contributed by atoms with van der Waals surface area (Å²) in [6.07, 6.45) is 1.57. The number of hydrogen-bond acceptors (Lipinski definition) is 4. The number of esters is 1. The molecule has 20 heavy (non-hydrogen) atoms. The van der Waals surface area contributed by atoms with E-state index in [-0.39, 0.29) is 23.2 Å². The molecule has 5 heteroatoms. The van der Waals surface area contributed by atoms with Crippen molar-refractivity contribution in [3.63, 3.8) is 0 Å². The van der Waals surface area contributed by atoms with E-state index in [1.54, 1.807) is 12.1 Å². The third kappa shape index (κ3) is 2.81. The molecule has 1 aromatic carbocycles. The zero-order chi connectivity index (χ0) is 14.7. The molecule has 1 saturated heterocycles. The van der Waals surface area contributed by atoms with Gasteiger partial charge in [0.2, 0.25) is 0 Å². The quantitative estimate of drug-likeness (QED) is 0.629. The van der Waals surface area contributed by atoms with Gasteiger partial charge in [0.25, 0.3) is 0 Å². The summed E-state index contributed by atoms with van der Waals surface area (Å²) in [6, 6.07) is 4.58. The van der Waals surface area contributed by atoms with Crippen molar-refractivity contribution in [2.24, 2.45) is 5.92 Å². The zero-order valence-corrected chi connectivity index (χ0v) is 11.7. The molecule has 0 bridgehead atoms. The van der Waals surface area contributed by atoms with E-state index in [9.17, 15) is 14.0 Å². The number of methoxy groups -OCH3 is 1. The smallest absolute Gasteiger partial charge is 0.310 e. The molecular weight excluding hydrogens is 261 g/mol. The number of rotatable bonds is 3. The first kappa shape index (κ1) is 14.5. The van der Waals surface area contributed by atoms with Crippen molar-refractivity contribution in [2.75, 3.05) is 25.1 Å². The highest BCUT2D eigenvalue weighted by atomic mass is 19.1. The minimum Gasteiger partial charge on any atom is -0.469 e. The van der Waals surface area contributed by atoms with Gasteiger partial charge in [-0.25, -0.2) is 4.39 Å². The fraction of sp³-hybridized carbons (Fsp3) is 0.467. The monoisotopic (exact) mass is 279 g/mol. The molecule has 4 nitrogen and oxygen atoms in total. The summed E-state index contributed by atoms with van der Waals surface area (Å²) >= 11 is 0. The van der Waals surface area contributed by atoms with Gasteiger partial charge in [-0.2, -0.15) is 0 Å². The molecule has 1 heterocycles. The van der Waals surface area contributed by atoms with E-state index in [0.717, 1.165) is 12.8 Å². The van der Waals surface area contributed by atoms with Crippen LogP contribution in [-0.2, 0) is 9.53 Å². The van der Waals surface area contributed by atoms with Gasteiger partial charge in [0.1, 0.15) is 5.82 Å². The van der Waals surface area contributed by atoms with Crippen LogP contribution >= 0.6 is 0 Å². The summed E-state index contributed by atoms with van der Waals surface area (Å²) in [5.74, 6) is -1.30. The van der Waals surface area contributed by atoms with Crippen molar-refractivity contribution < 1.29 is 18.7 Å². The average molecular weight is 279 g/mol. The zero-order valence-electron chi connectivity index (χ0n) is 11.7. The van der Waals surface area contributed by atoms with Crippen LogP contribution in [0.4, 0.5) is 10.1 Å². The normalized spacial score (nSPS) is 18.8. The number of piperidine rings is 1. The maximum absolute atomic E-state index is 13.8. The fourth-order valence-corrected chi connectivity index (χ4v) is 2.68. The minimum atomic E-state index is -0.518. The Morgan fingerprint density at radius 2 is 2.15 bits per heavy atom. The first-order valence-electron chi connectivity index (χ1n) is 6.66. The summed E-state index contributed by atoms with van der Waals surface area (Å²) < 4.78 is 18.6. The highest BCUT2D eigenvalue weighted by molar-refractivity contribution is 6.00. The molecule has 0 N–H and O–H groups in total. The van der Waals surface area contributed by atoms with E-state index in [2.05, 4.69) is 0 Å². The molecule has 0 aliphatic carbocycles. The van der Waals surface area contributed by atoms with Gasteiger partial charge < -0.3 is 9.64 Å². The lowest BCUT2D eigenvalue weighted by Crippen LogP contribution is -2.39. The van der Waals surface area contributed by atoms with Crippen molar-refractivity contribution in [2.45, 2.75) is 19.8 Å². The number of anilines is 1. The van der Waals surface area contributed by atoms with Crippen LogP contribution in [0.15, 0.2) is 18.2 Å². The van der Waals surface area contributed by atoms with Gasteiger partial charge in [-0.3, -0.25) is 9.59 Å². The molecule has 108 valence electrons. The van der Waals surface area contributed by atoms with E-state index < -0.39 is 5.82 Å². The number of carbonyl (C=O) groups is 2. The molecule has 0 amide bonds. The second-order valence-corrected chi connectivity index (χ2v) is 5.00. The van der Waals surface area contributed by atoms with Gasteiger partial charge in [0.05, 0.1) is 24.3 Å². The Labute approximate surface area is 117 Å². The van der Waals surface area contributed by atoms with E-state index in [4.69, 9.17) is 4.74 Å². The van der Waals surface area contributed by atoms with E-state index in [0.29, 0.717) is 18.8 Å². The van der Waals surface area contributed by atoms with Gasteiger partial charge in [-0.05, 0) is 31.9 Å². The van der Waals surface area contributed by atoms with Gasteiger partial charge in [0.15, 0.2) is 5.78 Å². The molecule has 1 fully saturated rings. The Kier molecular flexibility index (Phi) is 4.37. The summed E-state index contributed by atoms with van der Waals surface area (Å²) in [5.41, 5.74) is 0.657. The lowest BCUT2D eigenvalue weighted by molar-refractivity contribution is -0.145. The Hall–Kier alpha value is -1.91. The summed E-state index contributed by atoms with van der Waals surface area (Å²) in [5, 5.41) is 0. The Balaban J connectivity index is 2.30. The largest absolute Gasteiger partial charge is 0.469 e. The number of benzene rings is 1. The predicted molar refractivity (Wildman–Crippen MR) is 73.4 cm³/mol. The van der Waals surface area contributed by atoms with Crippen molar-refractivity contribution >= 4 is 17.4 Å². The lowest BCUT2D eigenvalue weighted by atomic mass is 9.96. The van der Waals surface area contributed by atoms with Crippen LogP contribution in [0.1, 0.15) is 30.1 Å². The molecule has 1 aliphatic heterocycles. The van der Waals surface area contributed by atoms with Gasteiger partial charge in [-0.15, -0.1) is 0 Å². The number of Topliss-reactive ketones (excluding diaryl/α,β-unsaturated/α-hetero) is 1. The third-order valence-electron chi connectivity index (χ3n) is 3.64. The predicted octanol–water partition coefficient (Wildman–Crippen LogP) is 2.42. The maximum Gasteiger partial charge on any atom is 0.310 e. The lowest BCUT2D eigenvalue weighted by Gasteiger charge is -2.34. The van der Waals surface area contributed by atoms with Crippen LogP contribution < -0.4 is 4.90 Å². The van der Waals surface area contributed by atoms with Crippen molar-refractivity contribution in [3.8, 4) is 0 Å². The number of ether oxygens (including phenoxy) is 1. The molecule has 1 atom stereocenters. The molecule has 0 unspecified atom stereocenters. The molecule has 0 spiro atoms. The SMILES string of the molecule is COC(=O)[C@H]1CCCN(c2cccc(F)c2C(C)=O)C1. The Morgan fingerprint density at radius 1 is 1.40 bits per heavy atom. The molecule has 0 radical (unpaired) electrons. The molecule has 1 aromatic rings. The molecule has 2 rings (SSSR count). The fourth-order valence-electron chi connectivity index (χ4n) is 2.68. The van der Waals surface area contributed by atoms with Crippen LogP contribution in [0, 0.1) is 11.7 Å². The summed E-state index contributed by atoms with van der Waals surface area (Å²) in [4.78, 5) is 25.2. The molecule has 0 aromatic heterocycles. The topological polar surface area (TPSA) is 46.6 Å². The highest BCUT2D eigenvalue weighted by Gasteiger charge is 2.28.